The third-order valence-electron chi connectivity index (χ3n) is 7.31. The number of sulfonamides is 1. The molecule has 220 valence electrons. The van der Waals surface area contributed by atoms with Crippen LogP contribution < -0.4 is 16.2 Å². The summed E-state index contributed by atoms with van der Waals surface area (Å²) < 4.78 is 34.3. The molecule has 2 aromatic rings. The minimum Gasteiger partial charge on any atom is -0.464 e. The van der Waals surface area contributed by atoms with E-state index in [9.17, 15) is 22.8 Å². The van der Waals surface area contributed by atoms with Gasteiger partial charge in [0.1, 0.15) is 11.6 Å². The van der Waals surface area contributed by atoms with Gasteiger partial charge >= 0.3 is 5.97 Å². The van der Waals surface area contributed by atoms with E-state index < -0.39 is 51.7 Å². The van der Waals surface area contributed by atoms with Crippen LogP contribution in [0.3, 0.4) is 0 Å². The van der Waals surface area contributed by atoms with Crippen LogP contribution in [0.5, 0.6) is 0 Å². The molecule has 2 amide bonds. The van der Waals surface area contributed by atoms with E-state index in [-0.39, 0.29) is 36.4 Å². The lowest BCUT2D eigenvalue weighted by molar-refractivity contribution is -0.167. The predicted octanol–water partition coefficient (Wildman–Crippen LogP) is 1.17. The number of nitrogens with two attached hydrogens (primary N) is 2. The Morgan fingerprint density at radius 1 is 1.20 bits per heavy atom. The van der Waals surface area contributed by atoms with Gasteiger partial charge in [0.05, 0.1) is 17.9 Å². The van der Waals surface area contributed by atoms with Crippen LogP contribution in [0.4, 0.5) is 0 Å². The maximum absolute atomic E-state index is 13.8. The van der Waals surface area contributed by atoms with Crippen molar-refractivity contribution in [1.82, 2.24) is 14.5 Å². The molecule has 2 aromatic carbocycles. The fourth-order valence-electron chi connectivity index (χ4n) is 4.94. The number of rotatable bonds is 10. The first-order chi connectivity index (χ1) is 18.3. The molecule has 0 aliphatic carbocycles. The van der Waals surface area contributed by atoms with Crippen molar-refractivity contribution in [2.45, 2.75) is 49.6 Å². The monoisotopic (exact) mass is 596 g/mol. The van der Waals surface area contributed by atoms with Gasteiger partial charge in [-0.15, -0.1) is 12.4 Å². The lowest BCUT2D eigenvalue weighted by atomic mass is 9.78. The smallest absolute Gasteiger partial charge is 0.332 e. The van der Waals surface area contributed by atoms with Crippen molar-refractivity contribution in [3.05, 3.63) is 42.5 Å². The maximum Gasteiger partial charge on any atom is 0.332 e. The SMILES string of the molecule is CCOC(=O)C(C)([C@H]1CCCN(C(=N)N)C1)N(C)C(=O)[C@H](CC(N)=O)NS(=O)(=O)c1ccc2ccccc2c1.Cl. The first-order valence-corrected chi connectivity index (χ1v) is 14.1. The second-order valence-corrected chi connectivity index (χ2v) is 11.5. The normalized spacial score (nSPS) is 17.7. The van der Waals surface area contributed by atoms with E-state index in [0.717, 1.165) is 10.3 Å². The number of benzene rings is 2. The summed E-state index contributed by atoms with van der Waals surface area (Å²) >= 11 is 0. The summed E-state index contributed by atoms with van der Waals surface area (Å²) in [5.41, 5.74) is 9.53. The molecule has 0 spiro atoms. The molecule has 6 N–H and O–H groups in total. The molecular formula is C26H37ClN6O6S. The summed E-state index contributed by atoms with van der Waals surface area (Å²) in [7, 11) is -2.90. The van der Waals surface area contributed by atoms with Crippen molar-refractivity contribution in [3.63, 3.8) is 0 Å². The topological polar surface area (TPSA) is 189 Å². The quantitative estimate of drug-likeness (QED) is 0.178. The number of nitrogens with one attached hydrogen (secondary N) is 2. The number of ether oxygens (including phenoxy) is 1. The van der Waals surface area contributed by atoms with Crippen molar-refractivity contribution in [2.24, 2.45) is 17.4 Å². The highest BCUT2D eigenvalue weighted by atomic mass is 35.5. The van der Waals surface area contributed by atoms with Gasteiger partial charge in [0.2, 0.25) is 21.8 Å². The number of primary amides is 1. The van der Waals surface area contributed by atoms with Gasteiger partial charge in [-0.3, -0.25) is 15.0 Å². The van der Waals surface area contributed by atoms with Crippen molar-refractivity contribution < 1.29 is 27.5 Å². The molecular weight excluding hydrogens is 560 g/mol. The lowest BCUT2D eigenvalue weighted by Crippen LogP contribution is -2.65. The summed E-state index contributed by atoms with van der Waals surface area (Å²) in [5.74, 6) is -3.06. The second kappa shape index (κ2) is 13.3. The van der Waals surface area contributed by atoms with Gasteiger partial charge in [-0.2, -0.15) is 4.72 Å². The Labute approximate surface area is 240 Å². The Morgan fingerprint density at radius 3 is 2.45 bits per heavy atom. The fourth-order valence-corrected chi connectivity index (χ4v) is 6.17. The number of piperidine rings is 1. The summed E-state index contributed by atoms with van der Waals surface area (Å²) in [6.45, 7) is 3.97. The number of likely N-dealkylation sites (tertiary alicyclic amines) is 1. The highest BCUT2D eigenvalue weighted by Gasteiger charge is 2.50. The van der Waals surface area contributed by atoms with Crippen LogP contribution in [-0.2, 0) is 29.1 Å². The first-order valence-electron chi connectivity index (χ1n) is 12.6. The van der Waals surface area contributed by atoms with Gasteiger partial charge in [0, 0.05) is 26.1 Å². The van der Waals surface area contributed by atoms with Gasteiger partial charge in [0.15, 0.2) is 5.96 Å². The summed E-state index contributed by atoms with van der Waals surface area (Å²) in [4.78, 5) is 41.7. The molecule has 3 atom stereocenters. The van der Waals surface area contributed by atoms with Gasteiger partial charge < -0.3 is 26.0 Å². The highest BCUT2D eigenvalue weighted by molar-refractivity contribution is 7.89. The largest absolute Gasteiger partial charge is 0.464 e. The molecule has 12 nitrogen and oxygen atoms in total. The van der Waals surface area contributed by atoms with Crippen LogP contribution in [0.15, 0.2) is 47.4 Å². The van der Waals surface area contributed by atoms with Crippen LogP contribution in [-0.4, -0.2) is 80.3 Å². The minimum atomic E-state index is -4.27. The number of hydrogen-bond donors (Lipinski definition) is 4. The molecule has 1 fully saturated rings. The van der Waals surface area contributed by atoms with Crippen molar-refractivity contribution in [3.8, 4) is 0 Å². The van der Waals surface area contributed by atoms with Crippen molar-refractivity contribution >= 4 is 56.9 Å². The Kier molecular flexibility index (Phi) is 10.9. The number of esters is 1. The Balaban J connectivity index is 0.00000560. The average molecular weight is 597 g/mol. The second-order valence-electron chi connectivity index (χ2n) is 9.79. The minimum absolute atomic E-state index is 0. The highest BCUT2D eigenvalue weighted by Crippen LogP contribution is 2.34. The van der Waals surface area contributed by atoms with E-state index in [1.54, 1.807) is 30.0 Å². The molecule has 1 aliphatic rings. The number of carbonyl (C=O) groups is 3. The molecule has 0 bridgehead atoms. The number of fused-ring (bicyclic) bond motifs is 1. The molecule has 0 radical (unpaired) electrons. The average Bonchev–Trinajstić information content (AvgIpc) is 2.90. The molecule has 0 aromatic heterocycles. The van der Waals surface area contributed by atoms with Gasteiger partial charge in [0.25, 0.3) is 0 Å². The van der Waals surface area contributed by atoms with Crippen LogP contribution in [0.2, 0.25) is 0 Å². The summed E-state index contributed by atoms with van der Waals surface area (Å²) in [6.07, 6.45) is 0.514. The molecule has 3 rings (SSSR count). The Morgan fingerprint density at radius 2 is 1.85 bits per heavy atom. The number of halogens is 1. The number of nitrogens with zero attached hydrogens (tertiary/aromatic N) is 2. The zero-order valence-corrected chi connectivity index (χ0v) is 24.4. The lowest BCUT2D eigenvalue weighted by Gasteiger charge is -2.47. The zero-order valence-electron chi connectivity index (χ0n) is 22.8. The third kappa shape index (κ3) is 7.01. The number of amides is 2. The first kappa shape index (κ1) is 32.8. The standard InChI is InChI=1S/C26H36N6O6S.ClH/c1-4-38-24(35)26(2,19-10-7-13-32(16-19)25(28)29)31(3)23(34)21(15-22(27)33)30-39(36,37)20-12-11-17-8-5-6-9-18(17)14-20;/h5-6,8-9,11-12,14,19,21,30H,4,7,10,13,15-16H2,1-3H3,(H2,27,33)(H3,28,29);1H/t19-,21-,26?;/m0./s1. The van der Waals surface area contributed by atoms with Gasteiger partial charge in [-0.25, -0.2) is 13.2 Å². The van der Waals surface area contributed by atoms with Crippen molar-refractivity contribution in [1.29, 1.82) is 5.41 Å². The summed E-state index contributed by atoms with van der Waals surface area (Å²) in [6, 6.07) is 10.1. The molecule has 14 heteroatoms. The van der Waals surface area contributed by atoms with Gasteiger partial charge in [-0.1, -0.05) is 30.3 Å². The van der Waals surface area contributed by atoms with E-state index in [0.29, 0.717) is 24.8 Å². The van der Waals surface area contributed by atoms with E-state index in [1.165, 1.54) is 26.1 Å². The third-order valence-corrected chi connectivity index (χ3v) is 8.77. The Bertz CT molecular complexity index is 1370. The summed E-state index contributed by atoms with van der Waals surface area (Å²) in [5, 5.41) is 9.33. The molecule has 40 heavy (non-hydrogen) atoms. The maximum atomic E-state index is 13.8. The molecule has 1 saturated heterocycles. The molecule has 0 saturated carbocycles. The van der Waals surface area contributed by atoms with Crippen LogP contribution in [0.1, 0.15) is 33.1 Å². The molecule has 1 heterocycles. The number of guanidine groups is 1. The number of likely N-dealkylation sites (N-methyl/N-ethyl adjacent to an activating group) is 1. The fraction of sp³-hybridized carbons (Fsp3) is 0.462. The predicted molar refractivity (Wildman–Crippen MR) is 153 cm³/mol. The molecule has 1 aliphatic heterocycles. The number of hydrogen-bond acceptors (Lipinski definition) is 7. The van der Waals surface area contributed by atoms with E-state index in [1.807, 2.05) is 12.1 Å². The van der Waals surface area contributed by atoms with Crippen molar-refractivity contribution in [2.75, 3.05) is 26.7 Å². The van der Waals surface area contributed by atoms with Crippen LogP contribution in [0.25, 0.3) is 10.8 Å². The Hall–Kier alpha value is -3.42. The van der Waals surface area contributed by atoms with E-state index >= 15 is 0 Å². The zero-order chi connectivity index (χ0) is 29.0. The van der Waals surface area contributed by atoms with Gasteiger partial charge in [-0.05, 0) is 49.6 Å². The van der Waals surface area contributed by atoms with E-state index in [4.69, 9.17) is 21.6 Å². The number of carbonyl (C=O) groups excluding carboxylic acids is 3. The molecule has 1 unspecified atom stereocenters. The van der Waals surface area contributed by atoms with Crippen LogP contribution in [0, 0.1) is 11.3 Å². The van der Waals surface area contributed by atoms with Crippen LogP contribution >= 0.6 is 12.4 Å². The van der Waals surface area contributed by atoms with E-state index in [2.05, 4.69) is 4.72 Å².